The summed E-state index contributed by atoms with van der Waals surface area (Å²) in [5, 5.41) is 0. The number of rotatable bonds is 3. The Kier molecular flexibility index (Phi) is 6.39. The van der Waals surface area contributed by atoms with Gasteiger partial charge >= 0.3 is 24.7 Å². The molecular weight excluding hydrogens is 458 g/mol. The molecule has 0 aliphatic carbocycles. The second-order valence-corrected chi connectivity index (χ2v) is 6.22. The molecule has 0 unspecified atom stereocenters. The molecule has 2 rings (SSSR count). The van der Waals surface area contributed by atoms with Crippen molar-refractivity contribution < 1.29 is 52.7 Å². The first-order valence-corrected chi connectivity index (χ1v) is 7.95. The zero-order valence-electron chi connectivity index (χ0n) is 14.7. The van der Waals surface area contributed by atoms with Gasteiger partial charge < -0.3 is 0 Å². The molecule has 0 radical (unpaired) electrons. The topological polar surface area (TPSA) is 12.4 Å². The van der Waals surface area contributed by atoms with Gasteiger partial charge in [0.2, 0.25) is 0 Å². The highest BCUT2D eigenvalue weighted by molar-refractivity contribution is 5.80. The Morgan fingerprint density at radius 2 is 0.839 bits per heavy atom. The molecule has 0 fully saturated rings. The minimum Gasteiger partial charge on any atom is -0.288 e. The molecule has 0 atom stereocenters. The summed E-state index contributed by atoms with van der Waals surface area (Å²) in [6.07, 6.45) is -20.0. The number of halogens is 12. The monoisotopic (exact) mass is 467 g/mol. The molecule has 13 heteroatoms. The molecule has 0 saturated heterocycles. The largest absolute Gasteiger partial charge is 0.416 e. The van der Waals surface area contributed by atoms with Crippen LogP contribution >= 0.6 is 0 Å². The Hall–Kier alpha value is -2.73. The molecule has 0 spiro atoms. The van der Waals surface area contributed by atoms with Crippen LogP contribution in [-0.4, -0.2) is 6.21 Å². The van der Waals surface area contributed by atoms with Crippen LogP contribution in [0.5, 0.6) is 0 Å². The van der Waals surface area contributed by atoms with Crippen LogP contribution < -0.4 is 0 Å². The molecular formula is C18H9F12N. The standard InChI is InChI=1S/C18H9F12N/c19-15(20,21)11-1-9(2-12(5-11)16(22,23)24)7-31-8-10-3-13(17(25,26)27)6-14(4-10)18(28,29)30/h1-7H,8H2. The number of aliphatic imine (C=N–C) groups is 1. The highest BCUT2D eigenvalue weighted by atomic mass is 19.4. The lowest BCUT2D eigenvalue weighted by atomic mass is 10.0. The maximum atomic E-state index is 12.8. The summed E-state index contributed by atoms with van der Waals surface area (Å²) >= 11 is 0. The van der Waals surface area contributed by atoms with Gasteiger partial charge in [-0.3, -0.25) is 4.99 Å². The van der Waals surface area contributed by atoms with Crippen LogP contribution in [0.3, 0.4) is 0 Å². The van der Waals surface area contributed by atoms with Crippen molar-refractivity contribution >= 4 is 6.21 Å². The van der Waals surface area contributed by atoms with E-state index in [4.69, 9.17) is 0 Å². The van der Waals surface area contributed by atoms with Crippen molar-refractivity contribution in [2.75, 3.05) is 0 Å². The van der Waals surface area contributed by atoms with E-state index in [2.05, 4.69) is 4.99 Å². The van der Waals surface area contributed by atoms with Gasteiger partial charge in [0.15, 0.2) is 0 Å². The number of hydrogen-bond donors (Lipinski definition) is 0. The van der Waals surface area contributed by atoms with Crippen LogP contribution in [0.1, 0.15) is 33.4 Å². The lowest BCUT2D eigenvalue weighted by Gasteiger charge is -2.13. The van der Waals surface area contributed by atoms with Crippen molar-refractivity contribution in [1.29, 1.82) is 0 Å². The molecule has 0 aromatic heterocycles. The lowest BCUT2D eigenvalue weighted by molar-refractivity contribution is -0.144. The molecule has 2 aromatic rings. The summed E-state index contributed by atoms with van der Waals surface area (Å²) in [5.41, 5.74) is -7.85. The van der Waals surface area contributed by atoms with Crippen molar-refractivity contribution in [1.82, 2.24) is 0 Å². The first kappa shape index (κ1) is 24.5. The molecule has 0 saturated carbocycles. The van der Waals surface area contributed by atoms with E-state index in [0.29, 0.717) is 30.5 Å². The smallest absolute Gasteiger partial charge is 0.288 e. The third kappa shape index (κ3) is 6.62. The molecule has 0 heterocycles. The number of benzene rings is 2. The fourth-order valence-corrected chi connectivity index (χ4v) is 2.42. The van der Waals surface area contributed by atoms with Gasteiger partial charge in [-0.05, 0) is 47.5 Å². The Balaban J connectivity index is 2.42. The van der Waals surface area contributed by atoms with Crippen molar-refractivity contribution in [3.63, 3.8) is 0 Å². The first-order valence-electron chi connectivity index (χ1n) is 7.95. The fourth-order valence-electron chi connectivity index (χ4n) is 2.42. The first-order chi connectivity index (χ1) is 13.9. The van der Waals surface area contributed by atoms with Crippen LogP contribution in [0.2, 0.25) is 0 Å². The van der Waals surface area contributed by atoms with Gasteiger partial charge in [-0.25, -0.2) is 0 Å². The summed E-state index contributed by atoms with van der Waals surface area (Å²) in [6.45, 7) is -0.857. The summed E-state index contributed by atoms with van der Waals surface area (Å²) in [7, 11) is 0. The van der Waals surface area contributed by atoms with Gasteiger partial charge in [-0.1, -0.05) is 0 Å². The van der Waals surface area contributed by atoms with Crippen molar-refractivity contribution in [3.05, 3.63) is 69.8 Å². The van der Waals surface area contributed by atoms with Crippen molar-refractivity contribution in [3.8, 4) is 0 Å². The molecule has 31 heavy (non-hydrogen) atoms. The van der Waals surface area contributed by atoms with Crippen LogP contribution in [-0.2, 0) is 31.2 Å². The summed E-state index contributed by atoms with van der Waals surface area (Å²) < 4.78 is 154. The van der Waals surface area contributed by atoms with E-state index in [1.165, 1.54) is 0 Å². The van der Waals surface area contributed by atoms with Crippen LogP contribution in [0.25, 0.3) is 0 Å². The maximum Gasteiger partial charge on any atom is 0.416 e. The summed E-state index contributed by atoms with van der Waals surface area (Å²) in [5.74, 6) is 0. The van der Waals surface area contributed by atoms with E-state index < -0.39 is 64.6 Å². The molecule has 0 bridgehead atoms. The van der Waals surface area contributed by atoms with Gasteiger partial charge in [-0.15, -0.1) is 0 Å². The van der Waals surface area contributed by atoms with Gasteiger partial charge in [0.05, 0.1) is 28.8 Å². The minimum absolute atomic E-state index is 0.129. The molecule has 0 amide bonds. The summed E-state index contributed by atoms with van der Waals surface area (Å²) in [6, 6.07) is 1.05. The van der Waals surface area contributed by atoms with E-state index >= 15 is 0 Å². The van der Waals surface area contributed by atoms with Crippen molar-refractivity contribution in [2.24, 2.45) is 4.99 Å². The highest BCUT2D eigenvalue weighted by Crippen LogP contribution is 2.37. The van der Waals surface area contributed by atoms with Crippen LogP contribution in [0.4, 0.5) is 52.7 Å². The minimum atomic E-state index is -5.13. The maximum absolute atomic E-state index is 12.8. The van der Waals surface area contributed by atoms with Gasteiger partial charge in [0.25, 0.3) is 0 Å². The van der Waals surface area contributed by atoms with Crippen molar-refractivity contribution in [2.45, 2.75) is 31.2 Å². The number of hydrogen-bond acceptors (Lipinski definition) is 1. The normalized spacial score (nSPS) is 13.8. The van der Waals surface area contributed by atoms with E-state index in [1.807, 2.05) is 0 Å². The predicted octanol–water partition coefficient (Wildman–Crippen LogP) is 7.38. The van der Waals surface area contributed by atoms with E-state index in [-0.39, 0.29) is 12.1 Å². The average Bonchev–Trinajstić information content (AvgIpc) is 2.58. The van der Waals surface area contributed by atoms with E-state index in [1.54, 1.807) is 0 Å². The second kappa shape index (κ2) is 8.08. The molecule has 0 aliphatic heterocycles. The number of alkyl halides is 12. The summed E-state index contributed by atoms with van der Waals surface area (Å²) in [4.78, 5) is 3.41. The van der Waals surface area contributed by atoms with Crippen LogP contribution in [0, 0.1) is 0 Å². The molecule has 0 N–H and O–H groups in total. The SMILES string of the molecule is FC(F)(F)c1cc(C=NCc2cc(C(F)(F)F)cc(C(F)(F)F)c2)cc(C(F)(F)F)c1. The quantitative estimate of drug-likeness (QED) is 0.330. The Morgan fingerprint density at radius 3 is 1.16 bits per heavy atom. The fraction of sp³-hybridized carbons (Fsp3) is 0.278. The average molecular weight is 467 g/mol. The van der Waals surface area contributed by atoms with Gasteiger partial charge in [-0.2, -0.15) is 52.7 Å². The second-order valence-electron chi connectivity index (χ2n) is 6.22. The van der Waals surface area contributed by atoms with E-state index in [9.17, 15) is 52.7 Å². The Morgan fingerprint density at radius 1 is 0.516 bits per heavy atom. The van der Waals surface area contributed by atoms with Crippen LogP contribution in [0.15, 0.2) is 41.4 Å². The third-order valence-corrected chi connectivity index (χ3v) is 3.77. The predicted molar refractivity (Wildman–Crippen MR) is 84.2 cm³/mol. The third-order valence-electron chi connectivity index (χ3n) is 3.77. The Bertz CT molecular complexity index is 897. The van der Waals surface area contributed by atoms with E-state index in [0.717, 1.165) is 0 Å². The molecule has 1 nitrogen and oxygen atoms in total. The molecule has 0 aliphatic rings. The lowest BCUT2D eigenvalue weighted by Crippen LogP contribution is -2.12. The molecule has 170 valence electrons. The zero-order valence-corrected chi connectivity index (χ0v) is 14.7. The highest BCUT2D eigenvalue weighted by Gasteiger charge is 2.38. The van der Waals surface area contributed by atoms with Gasteiger partial charge in [0, 0.05) is 6.21 Å². The van der Waals surface area contributed by atoms with Gasteiger partial charge in [0.1, 0.15) is 0 Å². The number of nitrogens with zero attached hydrogens (tertiary/aromatic N) is 1. The Labute approximate surface area is 166 Å². The molecule has 2 aromatic carbocycles. The zero-order chi connectivity index (χ0) is 23.8.